The molecule has 1 saturated heterocycles. The van der Waals surface area contributed by atoms with Crippen LogP contribution in [-0.2, 0) is 16.4 Å². The zero-order valence-electron chi connectivity index (χ0n) is 13.2. The highest BCUT2D eigenvalue weighted by Crippen LogP contribution is 2.25. The van der Waals surface area contributed by atoms with E-state index >= 15 is 0 Å². The smallest absolute Gasteiger partial charge is 0.246 e. The maximum atomic E-state index is 12.9. The third kappa shape index (κ3) is 3.99. The average molecular weight is 414 g/mol. The minimum absolute atomic E-state index is 0.243. The van der Waals surface area contributed by atoms with E-state index in [-0.39, 0.29) is 4.90 Å². The van der Waals surface area contributed by atoms with Crippen LogP contribution >= 0.6 is 15.9 Å². The number of hydrogen-bond donors (Lipinski definition) is 1. The van der Waals surface area contributed by atoms with E-state index in [0.29, 0.717) is 36.5 Å². The van der Waals surface area contributed by atoms with Crippen molar-refractivity contribution < 1.29 is 12.8 Å². The minimum atomic E-state index is -3.51. The van der Waals surface area contributed by atoms with Crippen LogP contribution in [0.15, 0.2) is 44.4 Å². The summed E-state index contributed by atoms with van der Waals surface area (Å²) in [6, 6.07) is 6.99. The van der Waals surface area contributed by atoms with E-state index in [1.807, 2.05) is 12.1 Å². The number of pyridine rings is 1. The van der Waals surface area contributed by atoms with Gasteiger partial charge in [0.15, 0.2) is 4.67 Å². The summed E-state index contributed by atoms with van der Waals surface area (Å²) in [5, 5.41) is 3.12. The van der Waals surface area contributed by atoms with E-state index in [1.165, 1.54) is 0 Å². The molecule has 3 heterocycles. The van der Waals surface area contributed by atoms with Crippen molar-refractivity contribution >= 4 is 31.8 Å². The molecular formula is C16H20BrN3O3S. The summed E-state index contributed by atoms with van der Waals surface area (Å²) in [4.78, 5) is 4.46. The molecular weight excluding hydrogens is 394 g/mol. The molecule has 8 heteroatoms. The van der Waals surface area contributed by atoms with Gasteiger partial charge in [-0.3, -0.25) is 0 Å². The first-order valence-corrected chi connectivity index (χ1v) is 10.2. The average Bonchev–Trinajstić information content (AvgIpc) is 3.01. The Kier molecular flexibility index (Phi) is 5.57. The van der Waals surface area contributed by atoms with Gasteiger partial charge in [-0.15, -0.1) is 0 Å². The molecule has 0 radical (unpaired) electrons. The summed E-state index contributed by atoms with van der Waals surface area (Å²) < 4.78 is 33.4. The molecule has 1 aliphatic rings. The van der Waals surface area contributed by atoms with Crippen molar-refractivity contribution in [2.24, 2.45) is 0 Å². The van der Waals surface area contributed by atoms with Crippen molar-refractivity contribution in [3.8, 4) is 0 Å². The van der Waals surface area contributed by atoms with Crippen LogP contribution in [0.4, 0.5) is 5.82 Å². The first kappa shape index (κ1) is 17.4. The fourth-order valence-corrected chi connectivity index (χ4v) is 4.74. The lowest BCUT2D eigenvalue weighted by atomic mass is 10.2. The van der Waals surface area contributed by atoms with Crippen molar-refractivity contribution in [1.29, 1.82) is 0 Å². The summed E-state index contributed by atoms with van der Waals surface area (Å²) in [5.74, 6) is 1.22. The summed E-state index contributed by atoms with van der Waals surface area (Å²) in [6.45, 7) is 1.70. The lowest BCUT2D eigenvalue weighted by Crippen LogP contribution is -2.36. The number of aromatic nitrogens is 1. The SMILES string of the molecule is O=S(=O)(c1cccnc1NCCc1ccc(Br)o1)N1CCCCC1. The molecule has 2 aromatic rings. The minimum Gasteiger partial charge on any atom is -0.454 e. The van der Waals surface area contributed by atoms with Crippen LogP contribution in [0.3, 0.4) is 0 Å². The summed E-state index contributed by atoms with van der Waals surface area (Å²) in [5.41, 5.74) is 0. The molecule has 0 bridgehead atoms. The number of anilines is 1. The van der Waals surface area contributed by atoms with Crippen molar-refractivity contribution in [3.63, 3.8) is 0 Å². The predicted octanol–water partition coefficient (Wildman–Crippen LogP) is 3.27. The summed E-state index contributed by atoms with van der Waals surface area (Å²) >= 11 is 3.27. The fraction of sp³-hybridized carbons (Fsp3) is 0.438. The van der Waals surface area contributed by atoms with Crippen LogP contribution in [0.2, 0.25) is 0 Å². The third-order valence-corrected chi connectivity index (χ3v) is 6.35. The largest absolute Gasteiger partial charge is 0.454 e. The molecule has 0 spiro atoms. The molecule has 1 N–H and O–H groups in total. The highest BCUT2D eigenvalue weighted by molar-refractivity contribution is 9.10. The van der Waals surface area contributed by atoms with Gasteiger partial charge in [-0.05, 0) is 53.0 Å². The Morgan fingerprint density at radius 1 is 1.21 bits per heavy atom. The van der Waals surface area contributed by atoms with Crippen molar-refractivity contribution in [2.75, 3.05) is 25.0 Å². The number of sulfonamides is 1. The van der Waals surface area contributed by atoms with Crippen molar-refractivity contribution in [2.45, 2.75) is 30.6 Å². The fourth-order valence-electron chi connectivity index (χ4n) is 2.77. The molecule has 1 aliphatic heterocycles. The zero-order chi connectivity index (χ0) is 17.0. The molecule has 6 nitrogen and oxygen atoms in total. The number of hydrogen-bond acceptors (Lipinski definition) is 5. The quantitative estimate of drug-likeness (QED) is 0.786. The number of halogens is 1. The van der Waals surface area contributed by atoms with Crippen LogP contribution in [0.5, 0.6) is 0 Å². The van der Waals surface area contributed by atoms with E-state index < -0.39 is 10.0 Å². The third-order valence-electron chi connectivity index (χ3n) is 4.00. The van der Waals surface area contributed by atoms with Gasteiger partial charge in [-0.2, -0.15) is 4.31 Å². The Balaban J connectivity index is 1.72. The number of nitrogens with one attached hydrogen (secondary N) is 1. The Hall–Kier alpha value is -1.38. The lowest BCUT2D eigenvalue weighted by molar-refractivity contribution is 0.346. The Bertz CT molecular complexity index is 785. The molecule has 24 heavy (non-hydrogen) atoms. The van der Waals surface area contributed by atoms with Crippen LogP contribution in [-0.4, -0.2) is 37.3 Å². The summed E-state index contributed by atoms with van der Waals surface area (Å²) in [7, 11) is -3.51. The van der Waals surface area contributed by atoms with Crippen LogP contribution in [0, 0.1) is 0 Å². The molecule has 3 rings (SSSR count). The van der Waals surface area contributed by atoms with Gasteiger partial charge in [0.2, 0.25) is 10.0 Å². The Morgan fingerprint density at radius 2 is 2.00 bits per heavy atom. The molecule has 0 atom stereocenters. The first-order valence-electron chi connectivity index (χ1n) is 8.00. The first-order chi connectivity index (χ1) is 11.6. The van der Waals surface area contributed by atoms with E-state index in [4.69, 9.17) is 4.42 Å². The topological polar surface area (TPSA) is 75.4 Å². The van der Waals surface area contributed by atoms with Crippen molar-refractivity contribution in [3.05, 3.63) is 40.9 Å². The standard InChI is InChI=1S/C16H20BrN3O3S/c17-15-7-6-13(23-15)8-10-19-16-14(5-4-9-18-16)24(21,22)20-11-2-1-3-12-20/h4-7,9H,1-3,8,10-12H2,(H,18,19). The van der Waals surface area contributed by atoms with E-state index in [1.54, 1.807) is 22.6 Å². The van der Waals surface area contributed by atoms with E-state index in [2.05, 4.69) is 26.2 Å². The van der Waals surface area contributed by atoms with Crippen LogP contribution < -0.4 is 5.32 Å². The Labute approximate surface area is 150 Å². The van der Waals surface area contributed by atoms with Gasteiger partial charge in [0, 0.05) is 32.3 Å². The van der Waals surface area contributed by atoms with Gasteiger partial charge >= 0.3 is 0 Å². The molecule has 0 aromatic carbocycles. The second-order valence-electron chi connectivity index (χ2n) is 5.70. The Morgan fingerprint density at radius 3 is 2.71 bits per heavy atom. The molecule has 130 valence electrons. The second kappa shape index (κ2) is 7.67. The summed E-state index contributed by atoms with van der Waals surface area (Å²) in [6.07, 6.45) is 5.15. The monoisotopic (exact) mass is 413 g/mol. The van der Waals surface area contributed by atoms with Crippen molar-refractivity contribution in [1.82, 2.24) is 9.29 Å². The number of nitrogens with zero attached hydrogens (tertiary/aromatic N) is 2. The predicted molar refractivity (Wildman–Crippen MR) is 95.4 cm³/mol. The van der Waals surface area contributed by atoms with Gasteiger partial charge < -0.3 is 9.73 Å². The molecule has 2 aromatic heterocycles. The molecule has 0 saturated carbocycles. The number of rotatable bonds is 6. The lowest BCUT2D eigenvalue weighted by Gasteiger charge is -2.26. The van der Waals surface area contributed by atoms with Crippen LogP contribution in [0.1, 0.15) is 25.0 Å². The highest BCUT2D eigenvalue weighted by atomic mass is 79.9. The molecule has 1 fully saturated rings. The molecule has 0 unspecified atom stereocenters. The van der Waals surface area contributed by atoms with Gasteiger partial charge in [0.25, 0.3) is 0 Å². The maximum Gasteiger partial charge on any atom is 0.246 e. The number of furan rings is 1. The van der Waals surface area contributed by atoms with Gasteiger partial charge in [0.1, 0.15) is 16.5 Å². The van der Waals surface area contributed by atoms with Crippen LogP contribution in [0.25, 0.3) is 0 Å². The van der Waals surface area contributed by atoms with Gasteiger partial charge in [-0.25, -0.2) is 13.4 Å². The maximum absolute atomic E-state index is 12.9. The molecule has 0 aliphatic carbocycles. The molecule has 0 amide bonds. The van der Waals surface area contributed by atoms with E-state index in [9.17, 15) is 8.42 Å². The van der Waals surface area contributed by atoms with Gasteiger partial charge in [-0.1, -0.05) is 6.42 Å². The number of piperidine rings is 1. The van der Waals surface area contributed by atoms with Gasteiger partial charge in [0.05, 0.1) is 0 Å². The second-order valence-corrected chi connectivity index (χ2v) is 8.39. The zero-order valence-corrected chi connectivity index (χ0v) is 15.6. The normalized spacial score (nSPS) is 16.2. The van der Waals surface area contributed by atoms with E-state index in [0.717, 1.165) is 25.0 Å². The highest BCUT2D eigenvalue weighted by Gasteiger charge is 2.28.